The molecule has 220 valence electrons. The molecule has 0 unspecified atom stereocenters. The van der Waals surface area contributed by atoms with E-state index in [0.29, 0.717) is 17.8 Å². The number of hydrogen-bond donors (Lipinski definition) is 2. The lowest BCUT2D eigenvalue weighted by Crippen LogP contribution is -2.47. The molecule has 2 bridgehead atoms. The van der Waals surface area contributed by atoms with Crippen molar-refractivity contribution in [3.63, 3.8) is 0 Å². The van der Waals surface area contributed by atoms with Crippen LogP contribution < -0.4 is 10.6 Å². The zero-order valence-corrected chi connectivity index (χ0v) is 24.0. The van der Waals surface area contributed by atoms with Crippen LogP contribution in [0.5, 0.6) is 0 Å². The summed E-state index contributed by atoms with van der Waals surface area (Å²) in [7, 11) is 0. The minimum absolute atomic E-state index is 0.211. The Balaban J connectivity index is 1.21. The molecule has 0 saturated carbocycles. The summed E-state index contributed by atoms with van der Waals surface area (Å²) in [6.45, 7) is 2.80. The molecule has 1 heterocycles. The maximum atomic E-state index is 14.1. The minimum atomic E-state index is -1.11. The van der Waals surface area contributed by atoms with Crippen molar-refractivity contribution in [3.05, 3.63) is 95.1 Å². The third-order valence-electron chi connectivity index (χ3n) is 8.73. The van der Waals surface area contributed by atoms with Crippen molar-refractivity contribution in [1.29, 1.82) is 0 Å². The minimum Gasteiger partial charge on any atom is -0.454 e. The largest absolute Gasteiger partial charge is 0.454 e. The number of benzene rings is 3. The highest BCUT2D eigenvalue weighted by molar-refractivity contribution is 6.10. The average Bonchev–Trinajstić information content (AvgIpc) is 3.27. The van der Waals surface area contributed by atoms with E-state index >= 15 is 0 Å². The Labute approximate surface area is 249 Å². The van der Waals surface area contributed by atoms with Crippen LogP contribution in [-0.2, 0) is 28.7 Å². The standard InChI is InChI=1S/C34H33N3O6/c1-3-4-13-26(34(42)43-18-27(39)36-21-16-14-20(15-17-21)35-19(2)38)37-32(40)30-28-22-9-5-6-10-23(22)29(31(30)33(37)41)25-12-8-7-11-24(25)28/h5-12,14-17,26,28-31H,3-4,13,18H2,1-2H3,(H,35,38)(H,36,39)/t26-,28?,29?,30-,31-/m1/s1. The van der Waals surface area contributed by atoms with Gasteiger partial charge < -0.3 is 15.4 Å². The third kappa shape index (κ3) is 4.98. The van der Waals surface area contributed by atoms with Crippen molar-refractivity contribution in [2.24, 2.45) is 11.8 Å². The Bertz CT molecular complexity index is 1500. The van der Waals surface area contributed by atoms with Crippen LogP contribution in [0.2, 0.25) is 0 Å². The number of esters is 1. The van der Waals surface area contributed by atoms with Gasteiger partial charge in [-0.25, -0.2) is 4.79 Å². The molecule has 1 aliphatic heterocycles. The summed E-state index contributed by atoms with van der Waals surface area (Å²) in [6, 6.07) is 21.4. The van der Waals surface area contributed by atoms with Crippen LogP contribution in [0.25, 0.3) is 0 Å². The number of amides is 4. The predicted molar refractivity (Wildman–Crippen MR) is 159 cm³/mol. The van der Waals surface area contributed by atoms with Crippen LogP contribution >= 0.6 is 0 Å². The van der Waals surface area contributed by atoms with Crippen LogP contribution in [0, 0.1) is 11.8 Å². The molecule has 2 N–H and O–H groups in total. The van der Waals surface area contributed by atoms with E-state index in [1.165, 1.54) is 6.92 Å². The van der Waals surface area contributed by atoms with E-state index in [1.54, 1.807) is 24.3 Å². The average molecular weight is 580 g/mol. The SMILES string of the molecule is CCCC[C@H](C(=O)OCC(=O)Nc1ccc(NC(C)=O)cc1)N1C(=O)[C@@H]2C3c4ccccc4C(c4ccccc43)[C@H]2C1=O. The fourth-order valence-electron chi connectivity index (χ4n) is 7.03. The van der Waals surface area contributed by atoms with Gasteiger partial charge in [-0.3, -0.25) is 24.1 Å². The highest BCUT2D eigenvalue weighted by Gasteiger charge is 2.63. The first kappa shape index (κ1) is 28.3. The predicted octanol–water partition coefficient (Wildman–Crippen LogP) is 4.58. The van der Waals surface area contributed by atoms with Gasteiger partial charge in [-0.1, -0.05) is 68.3 Å². The quantitative estimate of drug-likeness (QED) is 0.283. The Morgan fingerprint density at radius 3 is 1.67 bits per heavy atom. The van der Waals surface area contributed by atoms with Gasteiger partial charge in [0.2, 0.25) is 17.7 Å². The van der Waals surface area contributed by atoms with Gasteiger partial charge in [0.1, 0.15) is 6.04 Å². The lowest BCUT2D eigenvalue weighted by atomic mass is 9.55. The molecule has 7 rings (SSSR count). The molecular formula is C34H33N3O6. The molecule has 1 saturated heterocycles. The molecule has 3 aromatic rings. The summed E-state index contributed by atoms with van der Waals surface area (Å²) in [5.74, 6) is -3.97. The van der Waals surface area contributed by atoms with E-state index in [0.717, 1.165) is 33.6 Å². The van der Waals surface area contributed by atoms with Crippen LogP contribution in [0.1, 0.15) is 67.2 Å². The maximum Gasteiger partial charge on any atom is 0.329 e. The Kier molecular flexibility index (Phi) is 7.56. The number of nitrogens with zero attached hydrogens (tertiary/aromatic N) is 1. The van der Waals surface area contributed by atoms with E-state index < -0.39 is 36.4 Å². The lowest BCUT2D eigenvalue weighted by Gasteiger charge is -2.45. The fraction of sp³-hybridized carbons (Fsp3) is 0.324. The van der Waals surface area contributed by atoms with Gasteiger partial charge in [-0.15, -0.1) is 0 Å². The second-order valence-corrected chi connectivity index (χ2v) is 11.4. The zero-order chi connectivity index (χ0) is 30.2. The van der Waals surface area contributed by atoms with Crippen molar-refractivity contribution < 1.29 is 28.7 Å². The van der Waals surface area contributed by atoms with Crippen molar-refractivity contribution in [3.8, 4) is 0 Å². The van der Waals surface area contributed by atoms with Crippen LogP contribution in [-0.4, -0.2) is 47.1 Å². The summed E-state index contributed by atoms with van der Waals surface area (Å²) in [5, 5.41) is 5.30. The van der Waals surface area contributed by atoms with E-state index in [1.807, 2.05) is 55.5 Å². The zero-order valence-electron chi connectivity index (χ0n) is 24.0. The summed E-state index contributed by atoms with van der Waals surface area (Å²) in [4.78, 5) is 66.7. The monoisotopic (exact) mass is 579 g/mol. The number of rotatable bonds is 9. The highest BCUT2D eigenvalue weighted by Crippen LogP contribution is 2.61. The number of imide groups is 1. The van der Waals surface area contributed by atoms with Gasteiger partial charge in [-0.2, -0.15) is 0 Å². The second-order valence-electron chi connectivity index (χ2n) is 11.4. The Hall–Kier alpha value is -4.79. The number of unbranched alkanes of at least 4 members (excludes halogenated alkanes) is 1. The molecule has 0 aromatic heterocycles. The van der Waals surface area contributed by atoms with Crippen molar-refractivity contribution in [2.75, 3.05) is 17.2 Å². The van der Waals surface area contributed by atoms with E-state index in [-0.39, 0.29) is 36.0 Å². The molecule has 0 radical (unpaired) electrons. The first-order valence-corrected chi connectivity index (χ1v) is 14.7. The van der Waals surface area contributed by atoms with Crippen molar-refractivity contribution >= 4 is 41.0 Å². The molecule has 1 fully saturated rings. The van der Waals surface area contributed by atoms with Gasteiger partial charge in [-0.05, 0) is 52.9 Å². The molecule has 43 heavy (non-hydrogen) atoms. The number of ether oxygens (including phenoxy) is 1. The number of anilines is 2. The highest BCUT2D eigenvalue weighted by atomic mass is 16.5. The number of nitrogens with one attached hydrogen (secondary N) is 2. The van der Waals surface area contributed by atoms with Crippen LogP contribution in [0.15, 0.2) is 72.8 Å². The van der Waals surface area contributed by atoms with Gasteiger partial charge in [0.25, 0.3) is 5.91 Å². The summed E-state index contributed by atoms with van der Waals surface area (Å²) in [5.41, 5.74) is 5.28. The molecule has 3 atom stereocenters. The first-order chi connectivity index (χ1) is 20.8. The Morgan fingerprint density at radius 1 is 0.767 bits per heavy atom. The van der Waals surface area contributed by atoms with Gasteiger partial charge >= 0.3 is 5.97 Å². The summed E-state index contributed by atoms with van der Waals surface area (Å²) in [6.07, 6.45) is 1.62. The Morgan fingerprint density at radius 2 is 1.23 bits per heavy atom. The molecule has 3 aromatic carbocycles. The molecule has 9 heteroatoms. The van der Waals surface area contributed by atoms with Gasteiger partial charge in [0.15, 0.2) is 6.61 Å². The fourth-order valence-corrected chi connectivity index (χ4v) is 7.03. The maximum absolute atomic E-state index is 14.1. The van der Waals surface area contributed by atoms with Crippen LogP contribution in [0.4, 0.5) is 11.4 Å². The van der Waals surface area contributed by atoms with E-state index in [9.17, 15) is 24.0 Å². The number of likely N-dealkylation sites (tertiary alicyclic amines) is 1. The normalized spacial score (nSPS) is 21.9. The number of carbonyl (C=O) groups excluding carboxylic acids is 5. The first-order valence-electron chi connectivity index (χ1n) is 14.7. The number of carbonyl (C=O) groups is 5. The van der Waals surface area contributed by atoms with Crippen molar-refractivity contribution in [2.45, 2.75) is 51.0 Å². The number of hydrogen-bond acceptors (Lipinski definition) is 6. The van der Waals surface area contributed by atoms with Crippen molar-refractivity contribution in [1.82, 2.24) is 4.90 Å². The van der Waals surface area contributed by atoms with Gasteiger partial charge in [0.05, 0.1) is 11.8 Å². The summed E-state index contributed by atoms with van der Waals surface area (Å²) >= 11 is 0. The van der Waals surface area contributed by atoms with E-state index in [4.69, 9.17) is 4.74 Å². The van der Waals surface area contributed by atoms with Crippen LogP contribution in [0.3, 0.4) is 0 Å². The molecular weight excluding hydrogens is 546 g/mol. The molecule has 3 aliphatic carbocycles. The summed E-state index contributed by atoms with van der Waals surface area (Å²) < 4.78 is 5.41. The second kappa shape index (κ2) is 11.5. The smallest absolute Gasteiger partial charge is 0.329 e. The lowest BCUT2D eigenvalue weighted by molar-refractivity contribution is -0.160. The molecule has 4 amide bonds. The topological polar surface area (TPSA) is 122 Å². The molecule has 9 nitrogen and oxygen atoms in total. The molecule has 4 aliphatic rings. The van der Waals surface area contributed by atoms with E-state index in [2.05, 4.69) is 10.6 Å². The van der Waals surface area contributed by atoms with Gasteiger partial charge in [0, 0.05) is 30.1 Å². The molecule has 0 spiro atoms. The third-order valence-corrected chi connectivity index (χ3v) is 8.73.